The summed E-state index contributed by atoms with van der Waals surface area (Å²) >= 11 is 0. The molecule has 0 aromatic heterocycles. The molecule has 76 valence electrons. The molecule has 0 unspecified atom stereocenters. The van der Waals surface area contributed by atoms with E-state index < -0.39 is 0 Å². The van der Waals surface area contributed by atoms with Gasteiger partial charge < -0.3 is 4.74 Å². The summed E-state index contributed by atoms with van der Waals surface area (Å²) in [6.45, 7) is 4.08. The Balaban J connectivity index is 3.25. The lowest BCUT2D eigenvalue weighted by atomic mass is 10.1. The molecule has 13 heavy (non-hydrogen) atoms. The molecule has 0 aliphatic rings. The summed E-state index contributed by atoms with van der Waals surface area (Å²) in [5.74, 6) is 0.107. The molecule has 3 heteroatoms. The molecular weight excluding hydrogens is 168 g/mol. The van der Waals surface area contributed by atoms with Gasteiger partial charge in [0, 0.05) is 19.3 Å². The highest BCUT2D eigenvalue weighted by molar-refractivity contribution is 5.78. The first-order valence-electron chi connectivity index (χ1n) is 4.88. The Kier molecular flexibility index (Phi) is 7.26. The molecule has 0 heterocycles. The summed E-state index contributed by atoms with van der Waals surface area (Å²) in [6.07, 6.45) is 3.18. The van der Waals surface area contributed by atoms with Crippen molar-refractivity contribution in [2.45, 2.75) is 46.0 Å². The monoisotopic (exact) mass is 186 g/mol. The molecule has 3 nitrogen and oxygen atoms in total. The zero-order chi connectivity index (χ0) is 10.1. The molecule has 0 radical (unpaired) electrons. The summed E-state index contributed by atoms with van der Waals surface area (Å²) < 4.78 is 4.75. The number of carbonyl (C=O) groups is 2. The number of ketones is 1. The number of Topliss-reactive ketones (excluding diaryl/α,β-unsaturated/α-hetero) is 1. The minimum Gasteiger partial charge on any atom is -0.466 e. The third kappa shape index (κ3) is 7.50. The number of carbonyl (C=O) groups excluding carboxylic acids is 2. The molecule has 0 spiro atoms. The summed E-state index contributed by atoms with van der Waals surface area (Å²) in [4.78, 5) is 21.7. The van der Waals surface area contributed by atoms with Crippen molar-refractivity contribution in [2.75, 3.05) is 6.61 Å². The Morgan fingerprint density at radius 2 is 1.69 bits per heavy atom. The van der Waals surface area contributed by atoms with Crippen molar-refractivity contribution in [3.8, 4) is 0 Å². The summed E-state index contributed by atoms with van der Waals surface area (Å²) in [6, 6.07) is 0. The van der Waals surface area contributed by atoms with Gasteiger partial charge in [-0.05, 0) is 19.8 Å². The van der Waals surface area contributed by atoms with Crippen LogP contribution in [0.5, 0.6) is 0 Å². The predicted octanol–water partition coefficient (Wildman–Crippen LogP) is 2.09. The second-order valence-electron chi connectivity index (χ2n) is 2.90. The molecule has 0 bridgehead atoms. The van der Waals surface area contributed by atoms with E-state index in [0.29, 0.717) is 25.9 Å². The average Bonchev–Trinajstić information content (AvgIpc) is 2.12. The van der Waals surface area contributed by atoms with E-state index in [1.54, 1.807) is 6.92 Å². The minimum atomic E-state index is -0.161. The molecule has 0 amide bonds. The number of ether oxygens (including phenoxy) is 1. The maximum absolute atomic E-state index is 10.9. The van der Waals surface area contributed by atoms with Gasteiger partial charge in [-0.2, -0.15) is 0 Å². The van der Waals surface area contributed by atoms with Gasteiger partial charge in [-0.1, -0.05) is 6.92 Å². The zero-order valence-corrected chi connectivity index (χ0v) is 8.47. The number of rotatable bonds is 7. The molecule has 0 aromatic carbocycles. The maximum Gasteiger partial charge on any atom is 0.305 e. The molecule has 0 N–H and O–H groups in total. The molecule has 0 atom stereocenters. The van der Waals surface area contributed by atoms with Crippen LogP contribution in [-0.2, 0) is 14.3 Å². The number of unbranched alkanes of at least 4 members (excludes halogenated alkanes) is 1. The largest absolute Gasteiger partial charge is 0.466 e. The van der Waals surface area contributed by atoms with Crippen LogP contribution in [0.4, 0.5) is 0 Å². The Labute approximate surface area is 79.5 Å². The van der Waals surface area contributed by atoms with Crippen molar-refractivity contribution >= 4 is 11.8 Å². The molecule has 0 saturated carbocycles. The van der Waals surface area contributed by atoms with E-state index in [1.807, 2.05) is 6.92 Å². The van der Waals surface area contributed by atoms with E-state index in [0.717, 1.165) is 12.8 Å². The third-order valence-corrected chi connectivity index (χ3v) is 1.79. The van der Waals surface area contributed by atoms with Gasteiger partial charge in [-0.25, -0.2) is 0 Å². The minimum absolute atomic E-state index is 0.161. The van der Waals surface area contributed by atoms with Crippen LogP contribution < -0.4 is 0 Å². The van der Waals surface area contributed by atoms with Crippen LogP contribution in [0, 0.1) is 0 Å². The average molecular weight is 186 g/mol. The lowest BCUT2D eigenvalue weighted by molar-refractivity contribution is -0.143. The van der Waals surface area contributed by atoms with Crippen LogP contribution in [0.25, 0.3) is 0 Å². The van der Waals surface area contributed by atoms with Gasteiger partial charge in [-0.3, -0.25) is 9.59 Å². The first-order chi connectivity index (χ1) is 6.20. The quantitative estimate of drug-likeness (QED) is 0.451. The third-order valence-electron chi connectivity index (χ3n) is 1.79. The Morgan fingerprint density at radius 3 is 2.23 bits per heavy atom. The van der Waals surface area contributed by atoms with Gasteiger partial charge in [0.25, 0.3) is 0 Å². The van der Waals surface area contributed by atoms with Crippen molar-refractivity contribution < 1.29 is 14.3 Å². The summed E-state index contributed by atoms with van der Waals surface area (Å²) in [5.41, 5.74) is 0. The molecular formula is C10H18O3. The lowest BCUT2D eigenvalue weighted by Gasteiger charge is -2.00. The Bertz CT molecular complexity index is 164. The van der Waals surface area contributed by atoms with Crippen LogP contribution in [0.2, 0.25) is 0 Å². The van der Waals surface area contributed by atoms with E-state index in [2.05, 4.69) is 0 Å². The SMILES string of the molecule is CCOC(=O)CCCCC(=O)CC. The van der Waals surface area contributed by atoms with E-state index in [1.165, 1.54) is 0 Å². The van der Waals surface area contributed by atoms with E-state index in [9.17, 15) is 9.59 Å². The van der Waals surface area contributed by atoms with Crippen LogP contribution >= 0.6 is 0 Å². The molecule has 0 rings (SSSR count). The Hall–Kier alpha value is -0.860. The van der Waals surface area contributed by atoms with Gasteiger partial charge >= 0.3 is 5.97 Å². The van der Waals surface area contributed by atoms with Crippen LogP contribution in [0.15, 0.2) is 0 Å². The fourth-order valence-corrected chi connectivity index (χ4v) is 1.00. The second kappa shape index (κ2) is 7.77. The van der Waals surface area contributed by atoms with Gasteiger partial charge in [-0.15, -0.1) is 0 Å². The fourth-order valence-electron chi connectivity index (χ4n) is 1.00. The molecule has 0 aromatic rings. The van der Waals surface area contributed by atoms with Crippen LogP contribution in [-0.4, -0.2) is 18.4 Å². The fraction of sp³-hybridized carbons (Fsp3) is 0.800. The standard InChI is InChI=1S/C10H18O3/c1-3-9(11)7-5-6-8-10(12)13-4-2/h3-8H2,1-2H3. The zero-order valence-electron chi connectivity index (χ0n) is 8.47. The first-order valence-corrected chi connectivity index (χ1v) is 4.88. The molecule has 0 fully saturated rings. The van der Waals surface area contributed by atoms with E-state index in [-0.39, 0.29) is 11.8 Å². The maximum atomic E-state index is 10.9. The van der Waals surface area contributed by atoms with Crippen LogP contribution in [0.3, 0.4) is 0 Å². The summed E-state index contributed by atoms with van der Waals surface area (Å²) in [5, 5.41) is 0. The van der Waals surface area contributed by atoms with Crippen molar-refractivity contribution in [3.63, 3.8) is 0 Å². The van der Waals surface area contributed by atoms with E-state index in [4.69, 9.17) is 4.74 Å². The van der Waals surface area contributed by atoms with Gasteiger partial charge in [0.1, 0.15) is 5.78 Å². The smallest absolute Gasteiger partial charge is 0.305 e. The van der Waals surface area contributed by atoms with Gasteiger partial charge in [0.2, 0.25) is 0 Å². The molecule has 0 saturated heterocycles. The van der Waals surface area contributed by atoms with Crippen molar-refractivity contribution in [1.82, 2.24) is 0 Å². The van der Waals surface area contributed by atoms with Gasteiger partial charge in [0.15, 0.2) is 0 Å². The highest BCUT2D eigenvalue weighted by Gasteiger charge is 2.02. The van der Waals surface area contributed by atoms with Crippen molar-refractivity contribution in [3.05, 3.63) is 0 Å². The highest BCUT2D eigenvalue weighted by Crippen LogP contribution is 2.03. The molecule has 0 aliphatic carbocycles. The first kappa shape index (κ1) is 12.1. The van der Waals surface area contributed by atoms with Gasteiger partial charge in [0.05, 0.1) is 6.61 Å². The highest BCUT2D eigenvalue weighted by atomic mass is 16.5. The second-order valence-corrected chi connectivity index (χ2v) is 2.90. The van der Waals surface area contributed by atoms with Crippen molar-refractivity contribution in [1.29, 1.82) is 0 Å². The Morgan fingerprint density at radius 1 is 1.08 bits per heavy atom. The molecule has 0 aliphatic heterocycles. The number of hydrogen-bond donors (Lipinski definition) is 0. The number of hydrogen-bond acceptors (Lipinski definition) is 3. The summed E-state index contributed by atoms with van der Waals surface area (Å²) in [7, 11) is 0. The topological polar surface area (TPSA) is 43.4 Å². The van der Waals surface area contributed by atoms with E-state index >= 15 is 0 Å². The van der Waals surface area contributed by atoms with Crippen molar-refractivity contribution in [2.24, 2.45) is 0 Å². The lowest BCUT2D eigenvalue weighted by Crippen LogP contribution is -2.04. The van der Waals surface area contributed by atoms with Crippen LogP contribution in [0.1, 0.15) is 46.0 Å². The normalized spacial score (nSPS) is 9.69. The number of esters is 1. The predicted molar refractivity (Wildman–Crippen MR) is 50.4 cm³/mol.